The Kier molecular flexibility index (Phi) is 5.00. The van der Waals surface area contributed by atoms with E-state index in [1.165, 1.54) is 5.57 Å². The second-order valence-electron chi connectivity index (χ2n) is 6.66. The largest absolute Gasteiger partial charge is 0.282 e. The van der Waals surface area contributed by atoms with Crippen molar-refractivity contribution >= 4 is 29.4 Å². The predicted molar refractivity (Wildman–Crippen MR) is 93.8 cm³/mol. The summed E-state index contributed by atoms with van der Waals surface area (Å²) in [4.78, 5) is 4.77. The molecular formula is C18H20Cl2N2. The average Bonchev–Trinajstić information content (AvgIpc) is 2.84. The van der Waals surface area contributed by atoms with Gasteiger partial charge in [0.1, 0.15) is 0 Å². The van der Waals surface area contributed by atoms with Gasteiger partial charge in [-0.1, -0.05) is 50.0 Å². The lowest BCUT2D eigenvalue weighted by molar-refractivity contribution is 0.219. The first-order valence-corrected chi connectivity index (χ1v) is 8.11. The molecule has 0 spiro atoms. The minimum absolute atomic E-state index is 0.0566. The summed E-state index contributed by atoms with van der Waals surface area (Å²) in [6, 6.07) is 7.97. The Morgan fingerprint density at radius 3 is 2.55 bits per heavy atom. The number of halogens is 2. The van der Waals surface area contributed by atoms with Crippen molar-refractivity contribution in [3.05, 3.63) is 45.5 Å². The average molecular weight is 335 g/mol. The predicted octanol–water partition coefficient (Wildman–Crippen LogP) is 5.64. The third-order valence-corrected chi connectivity index (χ3v) is 5.06. The van der Waals surface area contributed by atoms with Gasteiger partial charge < -0.3 is 0 Å². The Morgan fingerprint density at radius 1 is 1.23 bits per heavy atom. The number of nitrogens with zero attached hydrogens (tertiary/aromatic N) is 2. The molecule has 2 rings (SSSR count). The fraction of sp³-hybridized carbons (Fsp3) is 0.444. The molecule has 0 N–H and O–H groups in total. The van der Waals surface area contributed by atoms with Crippen molar-refractivity contribution < 1.29 is 0 Å². The molecule has 1 aliphatic rings. The molecule has 0 saturated heterocycles. The van der Waals surface area contributed by atoms with Gasteiger partial charge in [-0.3, -0.25) is 4.99 Å². The van der Waals surface area contributed by atoms with E-state index in [0.717, 1.165) is 18.4 Å². The summed E-state index contributed by atoms with van der Waals surface area (Å²) < 4.78 is 0. The van der Waals surface area contributed by atoms with E-state index in [1.807, 2.05) is 24.4 Å². The summed E-state index contributed by atoms with van der Waals surface area (Å²) in [5, 5.41) is 10.1. The Bertz CT molecular complexity index is 663. The van der Waals surface area contributed by atoms with E-state index < -0.39 is 0 Å². The van der Waals surface area contributed by atoms with Crippen LogP contribution >= 0.6 is 23.2 Å². The topological polar surface area (TPSA) is 36.1 Å². The molecule has 4 heteroatoms. The number of benzene rings is 1. The Balaban J connectivity index is 2.32. The van der Waals surface area contributed by atoms with Crippen molar-refractivity contribution in [2.24, 2.45) is 10.4 Å². The molecule has 0 bridgehead atoms. The highest BCUT2D eigenvalue weighted by Gasteiger charge is 2.45. The zero-order chi connectivity index (χ0) is 16.4. The van der Waals surface area contributed by atoms with E-state index in [9.17, 15) is 0 Å². The summed E-state index contributed by atoms with van der Waals surface area (Å²) >= 11 is 12.1. The molecular weight excluding hydrogens is 315 g/mol. The molecule has 1 aromatic carbocycles. The van der Waals surface area contributed by atoms with Crippen LogP contribution in [0.2, 0.25) is 10.0 Å². The second kappa shape index (κ2) is 6.44. The molecule has 0 aliphatic carbocycles. The number of rotatable bonds is 4. The van der Waals surface area contributed by atoms with Crippen molar-refractivity contribution in [1.82, 2.24) is 0 Å². The Morgan fingerprint density at radius 2 is 1.95 bits per heavy atom. The molecule has 2 nitrogen and oxygen atoms in total. The van der Waals surface area contributed by atoms with Gasteiger partial charge in [0.05, 0.1) is 21.7 Å². The van der Waals surface area contributed by atoms with Crippen LogP contribution in [0.1, 0.15) is 39.2 Å². The minimum Gasteiger partial charge on any atom is -0.282 e. The van der Waals surface area contributed by atoms with E-state index in [-0.39, 0.29) is 11.0 Å². The molecule has 0 aromatic heterocycles. The highest BCUT2D eigenvalue weighted by Crippen LogP contribution is 2.46. The molecule has 116 valence electrons. The van der Waals surface area contributed by atoms with Crippen molar-refractivity contribution in [3.8, 4) is 6.07 Å². The van der Waals surface area contributed by atoms with Gasteiger partial charge in [0.15, 0.2) is 0 Å². The fourth-order valence-electron chi connectivity index (χ4n) is 3.06. The molecule has 1 heterocycles. The van der Waals surface area contributed by atoms with Gasteiger partial charge in [-0.2, -0.15) is 5.26 Å². The van der Waals surface area contributed by atoms with E-state index in [4.69, 9.17) is 33.5 Å². The van der Waals surface area contributed by atoms with Crippen molar-refractivity contribution in [3.63, 3.8) is 0 Å². The lowest BCUT2D eigenvalue weighted by Crippen LogP contribution is -2.42. The normalized spacial score (nSPS) is 20.8. The minimum atomic E-state index is -0.325. The van der Waals surface area contributed by atoms with Crippen LogP contribution in [-0.2, 0) is 6.42 Å². The standard InChI is InChI=1S/C18H20Cl2N2/c1-17(2,3)18(8-4-9-21)14(7-10-22-18)11-13-5-6-15(19)16(20)12-13/h5-7,10,12H,4,8,11H2,1-3H3. The van der Waals surface area contributed by atoms with Crippen LogP contribution in [0.4, 0.5) is 0 Å². The zero-order valence-corrected chi connectivity index (χ0v) is 14.7. The second-order valence-corrected chi connectivity index (χ2v) is 7.48. The number of allylic oxidation sites excluding steroid dienone is 1. The van der Waals surface area contributed by atoms with Gasteiger partial charge in [-0.15, -0.1) is 0 Å². The molecule has 22 heavy (non-hydrogen) atoms. The lowest BCUT2D eigenvalue weighted by Gasteiger charge is -2.41. The molecule has 1 aromatic rings. The van der Waals surface area contributed by atoms with Gasteiger partial charge in [-0.05, 0) is 47.6 Å². The highest BCUT2D eigenvalue weighted by molar-refractivity contribution is 6.42. The number of aliphatic imine (C=N–C) groups is 1. The highest BCUT2D eigenvalue weighted by atomic mass is 35.5. The van der Waals surface area contributed by atoms with Crippen LogP contribution in [-0.4, -0.2) is 11.8 Å². The van der Waals surface area contributed by atoms with Gasteiger partial charge in [0.25, 0.3) is 0 Å². The first-order chi connectivity index (χ1) is 10.3. The smallest absolute Gasteiger partial charge is 0.0881 e. The maximum absolute atomic E-state index is 9.00. The number of hydrogen-bond donors (Lipinski definition) is 0. The van der Waals surface area contributed by atoms with Crippen LogP contribution in [0.15, 0.2) is 34.8 Å². The van der Waals surface area contributed by atoms with Crippen LogP contribution in [0.3, 0.4) is 0 Å². The van der Waals surface area contributed by atoms with Gasteiger partial charge in [-0.25, -0.2) is 0 Å². The lowest BCUT2D eigenvalue weighted by atomic mass is 9.66. The van der Waals surface area contributed by atoms with Crippen LogP contribution in [0.25, 0.3) is 0 Å². The molecule has 1 atom stereocenters. The Labute approximate surface area is 142 Å². The van der Waals surface area contributed by atoms with Crippen molar-refractivity contribution in [1.29, 1.82) is 5.26 Å². The maximum atomic E-state index is 9.00. The molecule has 0 fully saturated rings. The summed E-state index contributed by atoms with van der Waals surface area (Å²) in [6.07, 6.45) is 5.93. The monoisotopic (exact) mass is 334 g/mol. The van der Waals surface area contributed by atoms with Crippen LogP contribution in [0.5, 0.6) is 0 Å². The molecule has 0 saturated carbocycles. The third-order valence-electron chi connectivity index (χ3n) is 4.32. The SMILES string of the molecule is CC(C)(C)C1(CCC#N)N=CC=C1Cc1ccc(Cl)c(Cl)c1. The van der Waals surface area contributed by atoms with E-state index in [1.54, 1.807) is 0 Å². The molecule has 0 radical (unpaired) electrons. The number of nitriles is 1. The van der Waals surface area contributed by atoms with Gasteiger partial charge in [0, 0.05) is 12.6 Å². The molecule has 1 unspecified atom stereocenters. The van der Waals surface area contributed by atoms with E-state index >= 15 is 0 Å². The van der Waals surface area contributed by atoms with Gasteiger partial charge in [0.2, 0.25) is 0 Å². The number of hydrogen-bond acceptors (Lipinski definition) is 2. The fourth-order valence-corrected chi connectivity index (χ4v) is 3.38. The van der Waals surface area contributed by atoms with Crippen molar-refractivity contribution in [2.45, 2.75) is 45.6 Å². The first kappa shape index (κ1) is 17.1. The quantitative estimate of drug-likeness (QED) is 0.702. The van der Waals surface area contributed by atoms with Crippen molar-refractivity contribution in [2.75, 3.05) is 0 Å². The summed E-state index contributed by atoms with van der Waals surface area (Å²) in [7, 11) is 0. The van der Waals surface area contributed by atoms with Crippen LogP contribution in [0, 0.1) is 16.7 Å². The molecule has 1 aliphatic heterocycles. The zero-order valence-electron chi connectivity index (χ0n) is 13.2. The van der Waals surface area contributed by atoms with E-state index in [2.05, 4.69) is 32.9 Å². The first-order valence-electron chi connectivity index (χ1n) is 7.36. The van der Waals surface area contributed by atoms with E-state index in [0.29, 0.717) is 16.5 Å². The maximum Gasteiger partial charge on any atom is 0.0881 e. The summed E-state index contributed by atoms with van der Waals surface area (Å²) in [5.41, 5.74) is 1.96. The molecule has 0 amide bonds. The summed E-state index contributed by atoms with van der Waals surface area (Å²) in [6.45, 7) is 6.53. The van der Waals surface area contributed by atoms with Crippen LogP contribution < -0.4 is 0 Å². The summed E-state index contributed by atoms with van der Waals surface area (Å²) in [5.74, 6) is 0. The Hall–Kier alpha value is -1.30. The third kappa shape index (κ3) is 3.21. The van der Waals surface area contributed by atoms with Gasteiger partial charge >= 0.3 is 0 Å².